The average molecular weight is 335 g/mol. The first kappa shape index (κ1) is 13.1. The highest BCUT2D eigenvalue weighted by molar-refractivity contribution is 9.08. The van der Waals surface area contributed by atoms with Gasteiger partial charge in [-0.2, -0.15) is 0 Å². The summed E-state index contributed by atoms with van der Waals surface area (Å²) in [5.74, 6) is 2.62. The Kier molecular flexibility index (Phi) is 4.14. The van der Waals surface area contributed by atoms with Crippen LogP contribution in [-0.4, -0.2) is 12.4 Å². The molecule has 0 saturated carbocycles. The molecule has 0 saturated heterocycles. The highest BCUT2D eigenvalue weighted by atomic mass is 79.9. The van der Waals surface area contributed by atoms with Crippen LogP contribution in [0.15, 0.2) is 53.4 Å². The van der Waals surface area contributed by atoms with Gasteiger partial charge in [0.05, 0.1) is 6.61 Å². The molecule has 1 aliphatic rings. The van der Waals surface area contributed by atoms with E-state index in [-0.39, 0.29) is 0 Å². The van der Waals surface area contributed by atoms with Crippen molar-refractivity contribution in [2.45, 2.75) is 16.1 Å². The van der Waals surface area contributed by atoms with Crippen LogP contribution in [0.25, 0.3) is 0 Å². The Balaban J connectivity index is 1.71. The molecule has 2 aromatic carbocycles. The van der Waals surface area contributed by atoms with E-state index in [0.29, 0.717) is 5.92 Å². The Labute approximate surface area is 126 Å². The Morgan fingerprint density at radius 2 is 1.89 bits per heavy atom. The van der Waals surface area contributed by atoms with E-state index in [2.05, 4.69) is 46.3 Å². The lowest BCUT2D eigenvalue weighted by Gasteiger charge is -2.14. The molecule has 2 aromatic rings. The molecular formula is C16H15BrOS. The molecule has 1 nitrogen and oxygen atoms in total. The van der Waals surface area contributed by atoms with Gasteiger partial charge in [-0.15, -0.1) is 11.8 Å². The minimum absolute atomic E-state index is 0.504. The van der Waals surface area contributed by atoms with Gasteiger partial charge in [-0.1, -0.05) is 52.3 Å². The van der Waals surface area contributed by atoms with Gasteiger partial charge in [0.2, 0.25) is 0 Å². The molecule has 1 atom stereocenters. The second-order valence-electron chi connectivity index (χ2n) is 4.60. The van der Waals surface area contributed by atoms with E-state index in [9.17, 15) is 0 Å². The Hall–Kier alpha value is -0.930. The van der Waals surface area contributed by atoms with E-state index >= 15 is 0 Å². The normalized spacial score (nSPS) is 17.2. The number of rotatable bonds is 4. The molecule has 3 rings (SSSR count). The summed E-state index contributed by atoms with van der Waals surface area (Å²) in [7, 11) is 0. The largest absolute Gasteiger partial charge is 0.493 e. The summed E-state index contributed by atoms with van der Waals surface area (Å²) in [4.78, 5) is 1.41. The summed E-state index contributed by atoms with van der Waals surface area (Å²) in [6.07, 6.45) is 0. The fourth-order valence-corrected chi connectivity index (χ4v) is 4.01. The number of hydrogen-bond donors (Lipinski definition) is 0. The second-order valence-corrected chi connectivity index (χ2v) is 6.22. The van der Waals surface area contributed by atoms with Gasteiger partial charge >= 0.3 is 0 Å². The molecule has 98 valence electrons. The topological polar surface area (TPSA) is 9.23 Å². The maximum atomic E-state index is 6.03. The van der Waals surface area contributed by atoms with Crippen LogP contribution in [0.2, 0.25) is 0 Å². The van der Waals surface area contributed by atoms with Gasteiger partial charge in [0, 0.05) is 27.5 Å². The molecule has 0 N–H and O–H groups in total. The SMILES string of the molecule is BrCc1ccccc1OCC1CSc2ccccc21. The summed E-state index contributed by atoms with van der Waals surface area (Å²) >= 11 is 5.44. The van der Waals surface area contributed by atoms with Gasteiger partial charge in [0.1, 0.15) is 5.75 Å². The summed E-state index contributed by atoms with van der Waals surface area (Å²) in [5.41, 5.74) is 2.64. The maximum Gasteiger partial charge on any atom is 0.123 e. The van der Waals surface area contributed by atoms with Crippen LogP contribution in [0.3, 0.4) is 0 Å². The lowest BCUT2D eigenvalue weighted by molar-refractivity contribution is 0.296. The third-order valence-corrected chi connectivity index (χ3v) is 5.21. The first-order chi connectivity index (χ1) is 9.38. The average Bonchev–Trinajstić information content (AvgIpc) is 2.89. The number of thioether (sulfide) groups is 1. The highest BCUT2D eigenvalue weighted by Gasteiger charge is 2.23. The molecule has 0 radical (unpaired) electrons. The van der Waals surface area contributed by atoms with Crippen LogP contribution in [0.5, 0.6) is 5.75 Å². The monoisotopic (exact) mass is 334 g/mol. The van der Waals surface area contributed by atoms with E-state index in [1.54, 1.807) is 0 Å². The first-order valence-corrected chi connectivity index (χ1v) is 8.47. The minimum Gasteiger partial charge on any atom is -0.493 e. The Morgan fingerprint density at radius 1 is 1.11 bits per heavy atom. The van der Waals surface area contributed by atoms with Gasteiger partial charge in [-0.05, 0) is 17.7 Å². The van der Waals surface area contributed by atoms with Crippen molar-refractivity contribution in [3.05, 3.63) is 59.7 Å². The zero-order valence-corrected chi connectivity index (χ0v) is 12.9. The van der Waals surface area contributed by atoms with Crippen LogP contribution in [0, 0.1) is 0 Å². The molecule has 0 fully saturated rings. The van der Waals surface area contributed by atoms with Gasteiger partial charge in [0.25, 0.3) is 0 Å². The summed E-state index contributed by atoms with van der Waals surface area (Å²) in [5, 5.41) is 0.833. The van der Waals surface area contributed by atoms with Crippen LogP contribution in [0.4, 0.5) is 0 Å². The standard InChI is InChI=1S/C16H15BrOS/c17-9-12-5-1-3-7-15(12)18-10-13-11-19-16-8-4-2-6-14(13)16/h1-8,13H,9-11H2. The van der Waals surface area contributed by atoms with Crippen LogP contribution in [-0.2, 0) is 5.33 Å². The number of alkyl halides is 1. The van der Waals surface area contributed by atoms with Crippen molar-refractivity contribution in [3.63, 3.8) is 0 Å². The summed E-state index contributed by atoms with van der Waals surface area (Å²) in [6.45, 7) is 0.758. The lowest BCUT2D eigenvalue weighted by atomic mass is 10.0. The molecule has 0 spiro atoms. The third-order valence-electron chi connectivity index (χ3n) is 3.36. The fraction of sp³-hybridized carbons (Fsp3) is 0.250. The molecule has 1 heterocycles. The molecule has 0 aromatic heterocycles. The quantitative estimate of drug-likeness (QED) is 0.739. The van der Waals surface area contributed by atoms with Crippen molar-refractivity contribution in [2.24, 2.45) is 0 Å². The predicted molar refractivity (Wildman–Crippen MR) is 84.5 cm³/mol. The molecule has 1 unspecified atom stereocenters. The molecular weight excluding hydrogens is 320 g/mol. The van der Waals surface area contributed by atoms with E-state index in [0.717, 1.165) is 23.4 Å². The number of benzene rings is 2. The zero-order chi connectivity index (χ0) is 13.1. The molecule has 3 heteroatoms. The highest BCUT2D eigenvalue weighted by Crippen LogP contribution is 2.39. The van der Waals surface area contributed by atoms with Crippen molar-refractivity contribution in [1.29, 1.82) is 0 Å². The lowest BCUT2D eigenvalue weighted by Crippen LogP contribution is -2.10. The maximum absolute atomic E-state index is 6.03. The zero-order valence-electron chi connectivity index (χ0n) is 10.5. The van der Waals surface area contributed by atoms with Gasteiger partial charge in [0.15, 0.2) is 0 Å². The Bertz CT molecular complexity index is 570. The van der Waals surface area contributed by atoms with Crippen LogP contribution >= 0.6 is 27.7 Å². The Morgan fingerprint density at radius 3 is 2.79 bits per heavy atom. The van der Waals surface area contributed by atoms with Gasteiger partial charge in [-0.25, -0.2) is 0 Å². The summed E-state index contributed by atoms with van der Waals surface area (Å²) in [6, 6.07) is 16.9. The van der Waals surface area contributed by atoms with Crippen molar-refractivity contribution in [3.8, 4) is 5.75 Å². The number of para-hydroxylation sites is 1. The van der Waals surface area contributed by atoms with Gasteiger partial charge in [-0.3, -0.25) is 0 Å². The van der Waals surface area contributed by atoms with Crippen molar-refractivity contribution >= 4 is 27.7 Å². The smallest absolute Gasteiger partial charge is 0.123 e. The second kappa shape index (κ2) is 6.02. The fourth-order valence-electron chi connectivity index (χ4n) is 2.31. The van der Waals surface area contributed by atoms with E-state index in [1.165, 1.54) is 16.0 Å². The molecule has 0 aliphatic carbocycles. The molecule has 0 bridgehead atoms. The number of halogens is 1. The number of fused-ring (bicyclic) bond motifs is 1. The van der Waals surface area contributed by atoms with Crippen LogP contribution in [0.1, 0.15) is 17.0 Å². The first-order valence-electron chi connectivity index (χ1n) is 6.37. The third kappa shape index (κ3) is 2.82. The van der Waals surface area contributed by atoms with E-state index in [4.69, 9.17) is 4.74 Å². The number of hydrogen-bond acceptors (Lipinski definition) is 2. The van der Waals surface area contributed by atoms with Crippen molar-refractivity contribution in [1.82, 2.24) is 0 Å². The predicted octanol–water partition coefficient (Wildman–Crippen LogP) is 4.85. The molecule has 19 heavy (non-hydrogen) atoms. The van der Waals surface area contributed by atoms with Crippen LogP contribution < -0.4 is 4.74 Å². The van der Waals surface area contributed by atoms with Crippen molar-refractivity contribution < 1.29 is 4.74 Å². The van der Waals surface area contributed by atoms with E-state index < -0.39 is 0 Å². The molecule has 0 amide bonds. The minimum atomic E-state index is 0.504. The number of ether oxygens (including phenoxy) is 1. The van der Waals surface area contributed by atoms with Crippen molar-refractivity contribution in [2.75, 3.05) is 12.4 Å². The molecule has 1 aliphatic heterocycles. The summed E-state index contributed by atoms with van der Waals surface area (Å²) < 4.78 is 6.03. The van der Waals surface area contributed by atoms with E-state index in [1.807, 2.05) is 30.0 Å². The van der Waals surface area contributed by atoms with Gasteiger partial charge < -0.3 is 4.74 Å².